The Labute approximate surface area is 58.4 Å². The summed E-state index contributed by atoms with van der Waals surface area (Å²) >= 11 is 0. The van der Waals surface area contributed by atoms with Crippen LogP contribution >= 0.6 is 0 Å². The van der Waals surface area contributed by atoms with Gasteiger partial charge in [-0.05, 0) is 0 Å². The highest BCUT2D eigenvalue weighted by atomic mass is 16.5. The summed E-state index contributed by atoms with van der Waals surface area (Å²) in [6.45, 7) is 0.00796. The van der Waals surface area contributed by atoms with Gasteiger partial charge in [0.15, 0.2) is 5.78 Å². The summed E-state index contributed by atoms with van der Waals surface area (Å²) in [6.07, 6.45) is -1.59. The molecule has 0 unspecified atom stereocenters. The van der Waals surface area contributed by atoms with Crippen molar-refractivity contribution in [1.82, 2.24) is 0 Å². The van der Waals surface area contributed by atoms with Crippen molar-refractivity contribution in [3.63, 3.8) is 0 Å². The first-order valence-electron chi connectivity index (χ1n) is 3.19. The minimum absolute atomic E-state index is 0.245. The SMILES string of the molecule is O=C1CCO[C@H](CO)[C@H]1O. The van der Waals surface area contributed by atoms with Crippen LogP contribution < -0.4 is 0 Å². The van der Waals surface area contributed by atoms with Gasteiger partial charge in [-0.2, -0.15) is 0 Å². The number of hydrogen-bond acceptors (Lipinski definition) is 4. The Balaban J connectivity index is 2.51. The summed E-state index contributed by atoms with van der Waals surface area (Å²) in [5.74, 6) is -0.245. The number of carbonyl (C=O) groups excluding carboxylic acids is 1. The topological polar surface area (TPSA) is 66.8 Å². The normalized spacial score (nSPS) is 34.4. The third-order valence-electron chi connectivity index (χ3n) is 1.54. The summed E-state index contributed by atoms with van der Waals surface area (Å²) in [6, 6.07) is 0. The molecular formula is C6H10O4. The fourth-order valence-corrected chi connectivity index (χ4v) is 0.910. The van der Waals surface area contributed by atoms with E-state index in [1.807, 2.05) is 0 Å². The maximum atomic E-state index is 10.7. The van der Waals surface area contributed by atoms with Gasteiger partial charge in [-0.3, -0.25) is 4.79 Å². The van der Waals surface area contributed by atoms with Crippen LogP contribution in [0.15, 0.2) is 0 Å². The van der Waals surface area contributed by atoms with Crippen LogP contribution in [0.2, 0.25) is 0 Å². The second-order valence-corrected chi connectivity index (χ2v) is 2.25. The first-order valence-corrected chi connectivity index (χ1v) is 3.19. The average molecular weight is 146 g/mol. The van der Waals surface area contributed by atoms with Crippen molar-refractivity contribution in [2.45, 2.75) is 18.6 Å². The van der Waals surface area contributed by atoms with Gasteiger partial charge in [-0.1, -0.05) is 0 Å². The van der Waals surface area contributed by atoms with Gasteiger partial charge in [-0.15, -0.1) is 0 Å². The highest BCUT2D eigenvalue weighted by Crippen LogP contribution is 2.09. The van der Waals surface area contributed by atoms with E-state index in [1.54, 1.807) is 0 Å². The standard InChI is InChI=1S/C6H10O4/c7-3-5-6(9)4(8)1-2-10-5/h5-7,9H,1-3H2/t5-,6+/m1/s1. The molecule has 2 N–H and O–H groups in total. The molecule has 1 aliphatic heterocycles. The Bertz CT molecular complexity index is 134. The van der Waals surface area contributed by atoms with Crippen LogP contribution in [0.3, 0.4) is 0 Å². The van der Waals surface area contributed by atoms with E-state index >= 15 is 0 Å². The van der Waals surface area contributed by atoms with Crippen LogP contribution in [-0.4, -0.2) is 41.4 Å². The van der Waals surface area contributed by atoms with Crippen molar-refractivity contribution >= 4 is 5.78 Å². The van der Waals surface area contributed by atoms with Crippen LogP contribution in [0.5, 0.6) is 0 Å². The predicted octanol–water partition coefficient (Wildman–Crippen LogP) is -1.30. The van der Waals surface area contributed by atoms with Crippen molar-refractivity contribution < 1.29 is 19.7 Å². The first kappa shape index (κ1) is 7.65. The fourth-order valence-electron chi connectivity index (χ4n) is 0.910. The van der Waals surface area contributed by atoms with Crippen LogP contribution in [0.4, 0.5) is 0 Å². The number of ether oxygens (including phenoxy) is 1. The molecular weight excluding hydrogens is 136 g/mol. The second kappa shape index (κ2) is 3.09. The summed E-state index contributed by atoms with van der Waals surface area (Å²) < 4.78 is 4.89. The number of aliphatic hydroxyl groups is 2. The van der Waals surface area contributed by atoms with Gasteiger partial charge < -0.3 is 14.9 Å². The Morgan fingerprint density at radius 3 is 2.90 bits per heavy atom. The highest BCUT2D eigenvalue weighted by molar-refractivity contribution is 5.84. The summed E-state index contributed by atoms with van der Waals surface area (Å²) in [5, 5.41) is 17.5. The third-order valence-corrected chi connectivity index (χ3v) is 1.54. The van der Waals surface area contributed by atoms with Crippen LogP contribution in [0.1, 0.15) is 6.42 Å². The van der Waals surface area contributed by atoms with Crippen molar-refractivity contribution in [2.24, 2.45) is 0 Å². The Morgan fingerprint density at radius 1 is 1.70 bits per heavy atom. The molecule has 0 aromatic heterocycles. The average Bonchev–Trinajstić information content (AvgIpc) is 1.95. The van der Waals surface area contributed by atoms with Gasteiger partial charge in [0.1, 0.15) is 12.2 Å². The molecule has 0 bridgehead atoms. The molecule has 0 spiro atoms. The van der Waals surface area contributed by atoms with Gasteiger partial charge in [0, 0.05) is 6.42 Å². The molecule has 0 radical (unpaired) electrons. The number of aliphatic hydroxyl groups excluding tert-OH is 2. The molecule has 2 atom stereocenters. The largest absolute Gasteiger partial charge is 0.394 e. The maximum Gasteiger partial charge on any atom is 0.166 e. The van der Waals surface area contributed by atoms with Crippen LogP contribution in [0, 0.1) is 0 Å². The van der Waals surface area contributed by atoms with E-state index < -0.39 is 12.2 Å². The lowest BCUT2D eigenvalue weighted by atomic mass is 10.1. The molecule has 1 fully saturated rings. The zero-order valence-electron chi connectivity index (χ0n) is 5.49. The third kappa shape index (κ3) is 1.34. The zero-order valence-corrected chi connectivity index (χ0v) is 5.49. The number of hydrogen-bond donors (Lipinski definition) is 2. The molecule has 1 saturated heterocycles. The monoisotopic (exact) mass is 146 g/mol. The lowest BCUT2D eigenvalue weighted by Gasteiger charge is -2.24. The molecule has 1 rings (SSSR count). The summed E-state index contributed by atoms with van der Waals surface area (Å²) in [7, 11) is 0. The van der Waals surface area contributed by atoms with E-state index in [0.29, 0.717) is 6.61 Å². The summed E-state index contributed by atoms with van der Waals surface area (Å²) in [4.78, 5) is 10.7. The fraction of sp³-hybridized carbons (Fsp3) is 0.833. The molecule has 4 heteroatoms. The molecule has 58 valence electrons. The summed E-state index contributed by atoms with van der Waals surface area (Å²) in [5.41, 5.74) is 0. The lowest BCUT2D eigenvalue weighted by Crippen LogP contribution is -2.43. The lowest BCUT2D eigenvalue weighted by molar-refractivity contribution is -0.150. The zero-order chi connectivity index (χ0) is 7.56. The molecule has 1 heterocycles. The first-order chi connectivity index (χ1) is 4.75. The Kier molecular flexibility index (Phi) is 2.37. The molecule has 0 aromatic rings. The minimum Gasteiger partial charge on any atom is -0.394 e. The van der Waals surface area contributed by atoms with Gasteiger partial charge in [0.2, 0.25) is 0 Å². The molecule has 0 aliphatic carbocycles. The molecule has 10 heavy (non-hydrogen) atoms. The molecule has 0 amide bonds. The van der Waals surface area contributed by atoms with Gasteiger partial charge in [-0.25, -0.2) is 0 Å². The van der Waals surface area contributed by atoms with E-state index in [2.05, 4.69) is 0 Å². The van der Waals surface area contributed by atoms with E-state index in [-0.39, 0.29) is 18.8 Å². The van der Waals surface area contributed by atoms with E-state index in [1.165, 1.54) is 0 Å². The Morgan fingerprint density at radius 2 is 2.40 bits per heavy atom. The van der Waals surface area contributed by atoms with Gasteiger partial charge >= 0.3 is 0 Å². The molecule has 0 aromatic carbocycles. The van der Waals surface area contributed by atoms with E-state index in [9.17, 15) is 4.79 Å². The van der Waals surface area contributed by atoms with Crippen LogP contribution in [-0.2, 0) is 9.53 Å². The van der Waals surface area contributed by atoms with Gasteiger partial charge in [0.25, 0.3) is 0 Å². The molecule has 4 nitrogen and oxygen atoms in total. The maximum absolute atomic E-state index is 10.7. The predicted molar refractivity (Wildman–Crippen MR) is 32.5 cm³/mol. The smallest absolute Gasteiger partial charge is 0.166 e. The Hall–Kier alpha value is -0.450. The molecule has 1 aliphatic rings. The number of carbonyl (C=O) groups is 1. The van der Waals surface area contributed by atoms with E-state index in [4.69, 9.17) is 14.9 Å². The number of ketones is 1. The number of rotatable bonds is 1. The van der Waals surface area contributed by atoms with Crippen molar-refractivity contribution in [2.75, 3.05) is 13.2 Å². The minimum atomic E-state index is -1.13. The quantitative estimate of drug-likeness (QED) is 0.482. The van der Waals surface area contributed by atoms with Crippen molar-refractivity contribution in [3.05, 3.63) is 0 Å². The highest BCUT2D eigenvalue weighted by Gasteiger charge is 2.29. The van der Waals surface area contributed by atoms with Gasteiger partial charge in [0.05, 0.1) is 13.2 Å². The van der Waals surface area contributed by atoms with E-state index in [0.717, 1.165) is 0 Å². The van der Waals surface area contributed by atoms with Crippen LogP contribution in [0.25, 0.3) is 0 Å². The molecule has 0 saturated carbocycles. The van der Waals surface area contributed by atoms with Crippen molar-refractivity contribution in [1.29, 1.82) is 0 Å². The van der Waals surface area contributed by atoms with Crippen molar-refractivity contribution in [3.8, 4) is 0 Å². The number of Topliss-reactive ketones (excluding diaryl/α,β-unsaturated/α-hetero) is 1. The second-order valence-electron chi connectivity index (χ2n) is 2.25.